The molecule has 0 aliphatic heterocycles. The molecular weight excluding hydrogens is 354 g/mol. The summed E-state index contributed by atoms with van der Waals surface area (Å²) in [5.74, 6) is 5.57. The van der Waals surface area contributed by atoms with Crippen LogP contribution in [0.2, 0.25) is 5.02 Å². The molecule has 0 aliphatic carbocycles. The molecule has 0 unspecified atom stereocenters. The fraction of sp³-hybridized carbons (Fsp3) is 0.100. The lowest BCUT2D eigenvalue weighted by molar-refractivity contribution is 0.0955. The first kappa shape index (κ1) is 17.6. The summed E-state index contributed by atoms with van der Waals surface area (Å²) in [7, 11) is 1.48. The highest BCUT2D eigenvalue weighted by molar-refractivity contribution is 6.30. The van der Waals surface area contributed by atoms with Crippen LogP contribution >= 0.6 is 11.6 Å². The van der Waals surface area contributed by atoms with Crippen molar-refractivity contribution in [2.45, 2.75) is 0 Å². The fourth-order valence-corrected chi connectivity index (χ4v) is 2.56. The minimum atomic E-state index is -0.734. The minimum absolute atomic E-state index is 0.0843. The van der Waals surface area contributed by atoms with E-state index in [1.807, 2.05) is 6.07 Å². The monoisotopic (exact) mass is 367 g/mol. The number of hydrogen-bond donors (Lipinski definition) is 1. The molecule has 1 amide bonds. The average Bonchev–Trinajstić information content (AvgIpc) is 2.64. The predicted octanol–water partition coefficient (Wildman–Crippen LogP) is 3.24. The highest BCUT2D eigenvalue weighted by Crippen LogP contribution is 2.24. The summed E-state index contributed by atoms with van der Waals surface area (Å²) in [6.07, 6.45) is 0. The molecule has 0 saturated heterocycles. The first-order chi connectivity index (χ1) is 12.6. The molecule has 0 saturated carbocycles. The molecule has 1 heterocycles. The van der Waals surface area contributed by atoms with Crippen LogP contribution in [-0.2, 0) is 0 Å². The number of benzene rings is 2. The Balaban J connectivity index is 1.76. The van der Waals surface area contributed by atoms with E-state index < -0.39 is 11.5 Å². The van der Waals surface area contributed by atoms with Gasteiger partial charge >= 0.3 is 5.63 Å². The van der Waals surface area contributed by atoms with Crippen molar-refractivity contribution in [3.05, 3.63) is 75.1 Å². The standard InChI is InChI=1S/C20H14ClNO4/c1-25-17-9-3-7-14-12-16(20(24)26-18(14)17)19(23)22-10-4-6-13-5-2-8-15(21)11-13/h2-3,5,7-9,11-12H,10H2,1H3,(H,22,23). The third-order valence-corrected chi connectivity index (χ3v) is 3.82. The molecule has 26 heavy (non-hydrogen) atoms. The Morgan fingerprint density at radius 1 is 1.23 bits per heavy atom. The van der Waals surface area contributed by atoms with Gasteiger partial charge in [0.15, 0.2) is 11.3 Å². The van der Waals surface area contributed by atoms with Crippen molar-refractivity contribution in [2.24, 2.45) is 0 Å². The number of halogens is 1. The highest BCUT2D eigenvalue weighted by Gasteiger charge is 2.14. The van der Waals surface area contributed by atoms with E-state index in [2.05, 4.69) is 17.2 Å². The second-order valence-electron chi connectivity index (χ2n) is 5.32. The van der Waals surface area contributed by atoms with Crippen LogP contribution in [0.4, 0.5) is 0 Å². The second kappa shape index (κ2) is 7.77. The third-order valence-electron chi connectivity index (χ3n) is 3.58. The van der Waals surface area contributed by atoms with E-state index in [1.54, 1.807) is 36.4 Å². The van der Waals surface area contributed by atoms with Gasteiger partial charge in [0.05, 0.1) is 13.7 Å². The van der Waals surface area contributed by atoms with Crippen molar-refractivity contribution >= 4 is 28.5 Å². The van der Waals surface area contributed by atoms with Crippen molar-refractivity contribution in [3.8, 4) is 17.6 Å². The van der Waals surface area contributed by atoms with Crippen LogP contribution in [0.1, 0.15) is 15.9 Å². The second-order valence-corrected chi connectivity index (χ2v) is 5.76. The Bertz CT molecular complexity index is 1090. The quantitative estimate of drug-likeness (QED) is 0.570. The van der Waals surface area contributed by atoms with Crippen LogP contribution in [0.5, 0.6) is 5.75 Å². The first-order valence-corrected chi connectivity index (χ1v) is 8.10. The number of ether oxygens (including phenoxy) is 1. The zero-order valence-corrected chi connectivity index (χ0v) is 14.6. The lowest BCUT2D eigenvalue weighted by Gasteiger charge is -2.05. The molecule has 1 N–H and O–H groups in total. The average molecular weight is 368 g/mol. The number of hydrogen-bond acceptors (Lipinski definition) is 4. The molecule has 5 nitrogen and oxygen atoms in total. The van der Waals surface area contributed by atoms with E-state index in [0.717, 1.165) is 5.56 Å². The molecule has 0 radical (unpaired) electrons. The van der Waals surface area contributed by atoms with E-state index in [9.17, 15) is 9.59 Å². The predicted molar refractivity (Wildman–Crippen MR) is 99.7 cm³/mol. The van der Waals surface area contributed by atoms with Gasteiger partial charge in [-0.1, -0.05) is 41.6 Å². The summed E-state index contributed by atoms with van der Waals surface area (Å²) in [6, 6.07) is 13.7. The van der Waals surface area contributed by atoms with Crippen molar-refractivity contribution in [1.29, 1.82) is 0 Å². The number of carbonyl (C=O) groups is 1. The molecule has 3 rings (SSSR count). The van der Waals surface area contributed by atoms with Crippen LogP contribution < -0.4 is 15.7 Å². The van der Waals surface area contributed by atoms with E-state index in [4.69, 9.17) is 20.8 Å². The molecule has 0 bridgehead atoms. The lowest BCUT2D eigenvalue weighted by atomic mass is 10.1. The van der Waals surface area contributed by atoms with Gasteiger partial charge < -0.3 is 14.5 Å². The van der Waals surface area contributed by atoms with E-state index >= 15 is 0 Å². The van der Waals surface area contributed by atoms with Crippen molar-refractivity contribution in [2.75, 3.05) is 13.7 Å². The Labute approximate surface area is 154 Å². The summed E-state index contributed by atoms with van der Waals surface area (Å²) >= 11 is 5.88. The number of carbonyl (C=O) groups excluding carboxylic acids is 1. The maximum atomic E-state index is 12.2. The topological polar surface area (TPSA) is 68.5 Å². The fourth-order valence-electron chi connectivity index (χ4n) is 2.37. The largest absolute Gasteiger partial charge is 0.493 e. The Kier molecular flexibility index (Phi) is 5.26. The third kappa shape index (κ3) is 3.88. The first-order valence-electron chi connectivity index (χ1n) is 7.72. The van der Waals surface area contributed by atoms with E-state index in [-0.39, 0.29) is 12.1 Å². The molecule has 0 fully saturated rings. The number of amides is 1. The van der Waals surface area contributed by atoms with Gasteiger partial charge in [-0.15, -0.1) is 0 Å². The maximum Gasteiger partial charge on any atom is 0.349 e. The van der Waals surface area contributed by atoms with Crippen LogP contribution in [0.15, 0.2) is 57.7 Å². The number of para-hydroxylation sites is 1. The van der Waals surface area contributed by atoms with Crippen LogP contribution in [0.25, 0.3) is 11.0 Å². The van der Waals surface area contributed by atoms with E-state index in [1.165, 1.54) is 13.2 Å². The van der Waals surface area contributed by atoms with E-state index in [0.29, 0.717) is 21.7 Å². The van der Waals surface area contributed by atoms with Crippen molar-refractivity contribution in [3.63, 3.8) is 0 Å². The SMILES string of the molecule is COc1cccc2cc(C(=O)NCC#Cc3cccc(Cl)c3)c(=O)oc12. The van der Waals surface area contributed by atoms with Crippen LogP contribution in [0, 0.1) is 11.8 Å². The van der Waals surface area contributed by atoms with Gasteiger partial charge in [0, 0.05) is 16.0 Å². The van der Waals surface area contributed by atoms with Crippen LogP contribution in [0.3, 0.4) is 0 Å². The molecule has 0 atom stereocenters. The van der Waals surface area contributed by atoms with Gasteiger partial charge in [0.25, 0.3) is 5.91 Å². The Hall–Kier alpha value is -3.23. The summed E-state index contributed by atoms with van der Waals surface area (Å²) in [4.78, 5) is 24.3. The zero-order valence-electron chi connectivity index (χ0n) is 13.8. The zero-order chi connectivity index (χ0) is 18.5. The van der Waals surface area contributed by atoms with Gasteiger partial charge in [0.1, 0.15) is 5.56 Å². The number of fused-ring (bicyclic) bond motifs is 1. The Morgan fingerprint density at radius 3 is 2.81 bits per heavy atom. The lowest BCUT2D eigenvalue weighted by Crippen LogP contribution is -2.28. The number of nitrogens with one attached hydrogen (secondary N) is 1. The molecule has 3 aromatic rings. The molecule has 0 spiro atoms. The molecule has 6 heteroatoms. The van der Waals surface area contributed by atoms with Gasteiger partial charge in [-0.3, -0.25) is 4.79 Å². The summed E-state index contributed by atoms with van der Waals surface area (Å²) in [5, 5.41) is 3.77. The minimum Gasteiger partial charge on any atom is -0.493 e. The van der Waals surface area contributed by atoms with Gasteiger partial charge in [-0.2, -0.15) is 0 Å². The Morgan fingerprint density at radius 2 is 2.04 bits per heavy atom. The normalized spacial score (nSPS) is 10.1. The van der Waals surface area contributed by atoms with Crippen LogP contribution in [-0.4, -0.2) is 19.6 Å². The summed E-state index contributed by atoms with van der Waals surface area (Å²) < 4.78 is 10.4. The maximum absolute atomic E-state index is 12.2. The highest BCUT2D eigenvalue weighted by atomic mass is 35.5. The van der Waals surface area contributed by atoms with Gasteiger partial charge in [-0.05, 0) is 30.3 Å². The van der Waals surface area contributed by atoms with Crippen molar-refractivity contribution in [1.82, 2.24) is 5.32 Å². The number of methoxy groups -OCH3 is 1. The molecule has 1 aromatic heterocycles. The smallest absolute Gasteiger partial charge is 0.349 e. The van der Waals surface area contributed by atoms with Gasteiger partial charge in [-0.25, -0.2) is 4.79 Å². The molecular formula is C20H14ClNO4. The molecule has 2 aromatic carbocycles. The summed E-state index contributed by atoms with van der Waals surface area (Å²) in [5.41, 5.74) is 0.221. The summed E-state index contributed by atoms with van der Waals surface area (Å²) in [6.45, 7) is 0.0843. The van der Waals surface area contributed by atoms with Crippen molar-refractivity contribution < 1.29 is 13.9 Å². The molecule has 0 aliphatic rings. The molecule has 130 valence electrons. The number of rotatable bonds is 3. The van der Waals surface area contributed by atoms with Gasteiger partial charge in [0.2, 0.25) is 0 Å².